The minimum Gasteiger partial charge on any atom is -0.378 e. The van der Waals surface area contributed by atoms with E-state index in [0.29, 0.717) is 12.0 Å². The van der Waals surface area contributed by atoms with Gasteiger partial charge in [0.15, 0.2) is 0 Å². The molecule has 2 atom stereocenters. The van der Waals surface area contributed by atoms with E-state index in [1.54, 1.807) is 0 Å². The van der Waals surface area contributed by atoms with E-state index < -0.39 is 0 Å². The molecule has 1 aromatic carbocycles. The number of ether oxygens (including phenoxy) is 1. The first-order valence-electron chi connectivity index (χ1n) is 6.18. The zero-order valence-corrected chi connectivity index (χ0v) is 11.4. The van der Waals surface area contributed by atoms with Crippen molar-refractivity contribution >= 4 is 15.9 Å². The molecule has 2 unspecified atom stereocenters. The van der Waals surface area contributed by atoms with E-state index in [1.165, 1.54) is 35.7 Å². The van der Waals surface area contributed by atoms with Crippen LogP contribution in [0, 0.1) is 0 Å². The van der Waals surface area contributed by atoms with E-state index >= 15 is 0 Å². The Balaban J connectivity index is 2.16. The number of hydrogen-bond acceptors (Lipinski definition) is 1. The number of hydrogen-bond donors (Lipinski definition) is 0. The summed E-state index contributed by atoms with van der Waals surface area (Å²) in [6, 6.07) is 8.67. The van der Waals surface area contributed by atoms with Gasteiger partial charge in [0.05, 0.1) is 6.10 Å². The summed E-state index contributed by atoms with van der Waals surface area (Å²) >= 11 is 3.55. The highest BCUT2D eigenvalue weighted by atomic mass is 79.9. The van der Waals surface area contributed by atoms with Gasteiger partial charge in [0, 0.05) is 17.0 Å². The molecule has 0 amide bonds. The standard InChI is InChI=1S/C14H19BrO/c1-2-16-14-9-4-3-8-13(14)11-6-5-7-12(15)10-11/h5-7,10,13-14H,2-4,8-9H2,1H3. The summed E-state index contributed by atoms with van der Waals surface area (Å²) in [5.41, 5.74) is 1.42. The second-order valence-electron chi connectivity index (χ2n) is 4.44. The highest BCUT2D eigenvalue weighted by Gasteiger charge is 2.26. The third-order valence-corrected chi connectivity index (χ3v) is 3.85. The number of benzene rings is 1. The lowest BCUT2D eigenvalue weighted by Crippen LogP contribution is -2.26. The molecule has 1 aliphatic rings. The molecule has 0 saturated heterocycles. The Morgan fingerprint density at radius 3 is 2.88 bits per heavy atom. The van der Waals surface area contributed by atoms with Crippen molar-refractivity contribution in [1.82, 2.24) is 0 Å². The summed E-state index contributed by atoms with van der Waals surface area (Å²) in [7, 11) is 0. The molecular weight excluding hydrogens is 264 g/mol. The summed E-state index contributed by atoms with van der Waals surface area (Å²) in [6.07, 6.45) is 5.55. The summed E-state index contributed by atoms with van der Waals surface area (Å²) in [6.45, 7) is 2.92. The fourth-order valence-electron chi connectivity index (χ4n) is 2.63. The van der Waals surface area contributed by atoms with E-state index in [1.807, 2.05) is 0 Å². The number of rotatable bonds is 3. The van der Waals surface area contributed by atoms with E-state index in [9.17, 15) is 0 Å². The van der Waals surface area contributed by atoms with Crippen LogP contribution in [0.25, 0.3) is 0 Å². The Hall–Kier alpha value is -0.340. The van der Waals surface area contributed by atoms with Crippen LogP contribution in [0.15, 0.2) is 28.7 Å². The molecule has 1 aromatic rings. The van der Waals surface area contributed by atoms with Gasteiger partial charge in [-0.15, -0.1) is 0 Å². The van der Waals surface area contributed by atoms with Gasteiger partial charge in [-0.1, -0.05) is 40.9 Å². The lowest BCUT2D eigenvalue weighted by molar-refractivity contribution is 0.0207. The third-order valence-electron chi connectivity index (χ3n) is 3.36. The van der Waals surface area contributed by atoms with E-state index in [4.69, 9.17) is 4.74 Å². The highest BCUT2D eigenvalue weighted by molar-refractivity contribution is 9.10. The second-order valence-corrected chi connectivity index (χ2v) is 5.36. The maximum Gasteiger partial charge on any atom is 0.0643 e. The average Bonchev–Trinajstić information content (AvgIpc) is 2.30. The van der Waals surface area contributed by atoms with Crippen LogP contribution in [-0.4, -0.2) is 12.7 Å². The van der Waals surface area contributed by atoms with E-state index in [0.717, 1.165) is 6.61 Å². The summed E-state index contributed by atoms with van der Waals surface area (Å²) in [5, 5.41) is 0. The Bertz CT molecular complexity index is 335. The molecule has 1 saturated carbocycles. The third kappa shape index (κ3) is 2.86. The fourth-order valence-corrected chi connectivity index (χ4v) is 3.05. The van der Waals surface area contributed by atoms with Crippen LogP contribution < -0.4 is 0 Å². The Morgan fingerprint density at radius 1 is 1.31 bits per heavy atom. The van der Waals surface area contributed by atoms with Crippen molar-refractivity contribution in [2.75, 3.05) is 6.61 Å². The SMILES string of the molecule is CCOC1CCCCC1c1cccc(Br)c1. The molecule has 88 valence electrons. The minimum absolute atomic E-state index is 0.424. The summed E-state index contributed by atoms with van der Waals surface area (Å²) < 4.78 is 7.05. The maximum absolute atomic E-state index is 5.87. The van der Waals surface area contributed by atoms with Crippen molar-refractivity contribution in [1.29, 1.82) is 0 Å². The van der Waals surface area contributed by atoms with Gasteiger partial charge >= 0.3 is 0 Å². The molecule has 0 N–H and O–H groups in total. The Morgan fingerprint density at radius 2 is 2.12 bits per heavy atom. The Kier molecular flexibility index (Phi) is 4.42. The smallest absolute Gasteiger partial charge is 0.0643 e. The molecule has 1 nitrogen and oxygen atoms in total. The van der Waals surface area contributed by atoms with Crippen LogP contribution in [-0.2, 0) is 4.74 Å². The molecule has 0 heterocycles. The van der Waals surface area contributed by atoms with Gasteiger partial charge in [-0.25, -0.2) is 0 Å². The van der Waals surface area contributed by atoms with Crippen molar-refractivity contribution in [2.24, 2.45) is 0 Å². The molecule has 1 aliphatic carbocycles. The van der Waals surface area contributed by atoms with Crippen LogP contribution in [0.5, 0.6) is 0 Å². The second kappa shape index (κ2) is 5.83. The minimum atomic E-state index is 0.424. The van der Waals surface area contributed by atoms with Gasteiger partial charge in [0.1, 0.15) is 0 Å². The molecule has 0 aliphatic heterocycles. The molecule has 0 spiro atoms. The first kappa shape index (κ1) is 12.1. The van der Waals surface area contributed by atoms with Crippen molar-refractivity contribution in [2.45, 2.75) is 44.6 Å². The predicted molar refractivity (Wildman–Crippen MR) is 70.8 cm³/mol. The molecule has 2 rings (SSSR count). The zero-order chi connectivity index (χ0) is 11.4. The van der Waals surface area contributed by atoms with E-state index in [-0.39, 0.29) is 0 Å². The molecule has 0 bridgehead atoms. The van der Waals surface area contributed by atoms with E-state index in [2.05, 4.69) is 47.1 Å². The first-order valence-corrected chi connectivity index (χ1v) is 6.97. The summed E-state index contributed by atoms with van der Waals surface area (Å²) in [5.74, 6) is 0.589. The van der Waals surface area contributed by atoms with Gasteiger partial charge in [0.25, 0.3) is 0 Å². The predicted octanol–water partition coefficient (Wildman–Crippen LogP) is 4.51. The van der Waals surface area contributed by atoms with Crippen molar-refractivity contribution < 1.29 is 4.74 Å². The Labute approximate surface area is 106 Å². The van der Waals surface area contributed by atoms with Crippen molar-refractivity contribution in [3.63, 3.8) is 0 Å². The van der Waals surface area contributed by atoms with Crippen LogP contribution in [0.4, 0.5) is 0 Å². The maximum atomic E-state index is 5.87. The normalized spacial score (nSPS) is 25.6. The van der Waals surface area contributed by atoms with Crippen LogP contribution in [0.2, 0.25) is 0 Å². The lowest BCUT2D eigenvalue weighted by Gasteiger charge is -2.31. The first-order chi connectivity index (χ1) is 7.81. The fraction of sp³-hybridized carbons (Fsp3) is 0.571. The monoisotopic (exact) mass is 282 g/mol. The number of halogens is 1. The van der Waals surface area contributed by atoms with Gasteiger partial charge in [0.2, 0.25) is 0 Å². The van der Waals surface area contributed by atoms with Gasteiger partial charge < -0.3 is 4.74 Å². The lowest BCUT2D eigenvalue weighted by atomic mass is 9.81. The van der Waals surface area contributed by atoms with Gasteiger partial charge in [-0.3, -0.25) is 0 Å². The van der Waals surface area contributed by atoms with Crippen molar-refractivity contribution in [3.8, 4) is 0 Å². The average molecular weight is 283 g/mol. The molecule has 0 radical (unpaired) electrons. The molecule has 16 heavy (non-hydrogen) atoms. The summed E-state index contributed by atoms with van der Waals surface area (Å²) in [4.78, 5) is 0. The van der Waals surface area contributed by atoms with Gasteiger partial charge in [-0.2, -0.15) is 0 Å². The molecular formula is C14H19BrO. The quantitative estimate of drug-likeness (QED) is 0.793. The van der Waals surface area contributed by atoms with Crippen LogP contribution in [0.3, 0.4) is 0 Å². The molecule has 1 fully saturated rings. The van der Waals surface area contributed by atoms with Crippen molar-refractivity contribution in [3.05, 3.63) is 34.3 Å². The highest BCUT2D eigenvalue weighted by Crippen LogP contribution is 2.35. The van der Waals surface area contributed by atoms with Crippen LogP contribution in [0.1, 0.15) is 44.1 Å². The zero-order valence-electron chi connectivity index (χ0n) is 9.79. The van der Waals surface area contributed by atoms with Crippen LogP contribution >= 0.6 is 15.9 Å². The largest absolute Gasteiger partial charge is 0.378 e. The molecule has 0 aromatic heterocycles. The topological polar surface area (TPSA) is 9.23 Å². The molecule has 2 heteroatoms. The van der Waals surface area contributed by atoms with Gasteiger partial charge in [-0.05, 0) is 37.5 Å².